The first-order valence-corrected chi connectivity index (χ1v) is 9.22. The van der Waals surface area contributed by atoms with E-state index in [-0.39, 0.29) is 39.2 Å². The van der Waals surface area contributed by atoms with Crippen molar-refractivity contribution in [2.75, 3.05) is 13.2 Å². The normalized spacial score (nSPS) is 16.8. The molecule has 1 fully saturated rings. The maximum Gasteiger partial charge on any atom is 0.246 e. The van der Waals surface area contributed by atoms with Crippen LogP contribution in [0.25, 0.3) is 0 Å². The molecule has 0 unspecified atom stereocenters. The number of sulfonamides is 1. The molecule has 0 aliphatic heterocycles. The third kappa shape index (κ3) is 3.66. The van der Waals surface area contributed by atoms with Crippen molar-refractivity contribution in [3.8, 4) is 0 Å². The van der Waals surface area contributed by atoms with Gasteiger partial charge in [0.1, 0.15) is 4.90 Å². The van der Waals surface area contributed by atoms with Gasteiger partial charge in [0, 0.05) is 17.6 Å². The first kappa shape index (κ1) is 17.3. The van der Waals surface area contributed by atoms with E-state index in [0.717, 1.165) is 25.7 Å². The second-order valence-electron chi connectivity index (χ2n) is 4.98. The van der Waals surface area contributed by atoms with Crippen molar-refractivity contribution >= 4 is 44.8 Å². The lowest BCUT2D eigenvalue weighted by Gasteiger charge is -2.28. The standard InChI is InChI=1S/C13H16Cl3NO3S/c14-9-7-11(15)13(12(16)8-9)21(19,20)17(5-6-18)10-3-1-2-4-10/h7-8,10,18H,1-6H2. The summed E-state index contributed by atoms with van der Waals surface area (Å²) in [5.74, 6) is 0. The van der Waals surface area contributed by atoms with Gasteiger partial charge in [-0.25, -0.2) is 8.42 Å². The minimum Gasteiger partial charge on any atom is -0.395 e. The minimum absolute atomic E-state index is 0.00608. The molecule has 0 heterocycles. The van der Waals surface area contributed by atoms with Crippen LogP contribution in [0.15, 0.2) is 17.0 Å². The maximum absolute atomic E-state index is 12.9. The summed E-state index contributed by atoms with van der Waals surface area (Å²) in [5, 5.41) is 9.46. The van der Waals surface area contributed by atoms with Gasteiger partial charge >= 0.3 is 0 Å². The second kappa shape index (κ2) is 7.02. The molecule has 0 radical (unpaired) electrons. The van der Waals surface area contributed by atoms with Gasteiger partial charge in [-0.15, -0.1) is 0 Å². The zero-order chi connectivity index (χ0) is 15.6. The van der Waals surface area contributed by atoms with Crippen LogP contribution >= 0.6 is 34.8 Å². The van der Waals surface area contributed by atoms with E-state index in [4.69, 9.17) is 34.8 Å². The monoisotopic (exact) mass is 371 g/mol. The van der Waals surface area contributed by atoms with Crippen LogP contribution in [0.3, 0.4) is 0 Å². The van der Waals surface area contributed by atoms with E-state index in [1.54, 1.807) is 0 Å². The van der Waals surface area contributed by atoms with Crippen molar-refractivity contribution in [1.29, 1.82) is 0 Å². The molecule has 4 nitrogen and oxygen atoms in total. The van der Waals surface area contributed by atoms with E-state index in [1.807, 2.05) is 0 Å². The highest BCUT2D eigenvalue weighted by Crippen LogP contribution is 2.37. The Hall–Kier alpha value is -0.0400. The van der Waals surface area contributed by atoms with Crippen LogP contribution in [-0.4, -0.2) is 37.0 Å². The summed E-state index contributed by atoms with van der Waals surface area (Å²) in [4.78, 5) is -0.143. The van der Waals surface area contributed by atoms with Crippen molar-refractivity contribution in [1.82, 2.24) is 4.31 Å². The van der Waals surface area contributed by atoms with Crippen LogP contribution in [0.5, 0.6) is 0 Å². The van der Waals surface area contributed by atoms with Gasteiger partial charge in [0.05, 0.1) is 16.7 Å². The zero-order valence-electron chi connectivity index (χ0n) is 11.2. The summed E-state index contributed by atoms with van der Waals surface area (Å²) in [6, 6.07) is 2.59. The quantitative estimate of drug-likeness (QED) is 0.859. The first-order valence-electron chi connectivity index (χ1n) is 6.65. The number of halogens is 3. The summed E-state index contributed by atoms with van der Waals surface area (Å²) in [6.07, 6.45) is 3.51. The van der Waals surface area contributed by atoms with E-state index in [1.165, 1.54) is 16.4 Å². The molecule has 0 bridgehead atoms. The number of rotatable bonds is 5. The Kier molecular flexibility index (Phi) is 5.79. The highest BCUT2D eigenvalue weighted by Gasteiger charge is 2.35. The van der Waals surface area contributed by atoms with Crippen LogP contribution in [-0.2, 0) is 10.0 Å². The van der Waals surface area contributed by atoms with Crippen LogP contribution in [0.2, 0.25) is 15.1 Å². The minimum atomic E-state index is -3.87. The Balaban J connectivity index is 2.48. The molecule has 1 aliphatic carbocycles. The van der Waals surface area contributed by atoms with Crippen LogP contribution in [0.1, 0.15) is 25.7 Å². The van der Waals surface area contributed by atoms with E-state index >= 15 is 0 Å². The Bertz CT molecular complexity index is 592. The number of aliphatic hydroxyl groups excluding tert-OH is 1. The van der Waals surface area contributed by atoms with Gasteiger partial charge in [-0.3, -0.25) is 0 Å². The van der Waals surface area contributed by atoms with Crippen molar-refractivity contribution in [2.45, 2.75) is 36.6 Å². The number of nitrogens with zero attached hydrogens (tertiary/aromatic N) is 1. The van der Waals surface area contributed by atoms with Crippen LogP contribution in [0.4, 0.5) is 0 Å². The van der Waals surface area contributed by atoms with Gasteiger partial charge in [-0.2, -0.15) is 4.31 Å². The molecular formula is C13H16Cl3NO3S. The summed E-state index contributed by atoms with van der Waals surface area (Å²) >= 11 is 17.9. The maximum atomic E-state index is 12.9. The molecule has 1 N–H and O–H groups in total. The lowest BCUT2D eigenvalue weighted by Crippen LogP contribution is -2.40. The fraction of sp³-hybridized carbons (Fsp3) is 0.538. The summed E-state index contributed by atoms with van der Waals surface area (Å²) < 4.78 is 27.0. The lowest BCUT2D eigenvalue weighted by atomic mass is 10.2. The van der Waals surface area contributed by atoms with Gasteiger partial charge in [0.2, 0.25) is 10.0 Å². The number of hydrogen-bond acceptors (Lipinski definition) is 3. The molecule has 21 heavy (non-hydrogen) atoms. The molecule has 1 saturated carbocycles. The summed E-state index contributed by atoms with van der Waals surface area (Å²) in [6.45, 7) is -0.221. The van der Waals surface area contributed by atoms with Crippen molar-refractivity contribution in [3.05, 3.63) is 27.2 Å². The molecule has 0 aromatic heterocycles. The molecule has 0 amide bonds. The van der Waals surface area contributed by atoms with E-state index in [0.29, 0.717) is 0 Å². The average molecular weight is 373 g/mol. The van der Waals surface area contributed by atoms with Gasteiger partial charge in [0.25, 0.3) is 0 Å². The number of hydrogen-bond donors (Lipinski definition) is 1. The highest BCUT2D eigenvalue weighted by molar-refractivity contribution is 7.89. The molecule has 1 aromatic rings. The Morgan fingerprint density at radius 1 is 1.14 bits per heavy atom. The van der Waals surface area contributed by atoms with Gasteiger partial charge in [-0.05, 0) is 25.0 Å². The molecule has 1 aromatic carbocycles. The smallest absolute Gasteiger partial charge is 0.246 e. The van der Waals surface area contributed by atoms with Crippen molar-refractivity contribution in [3.63, 3.8) is 0 Å². The second-order valence-corrected chi connectivity index (χ2v) is 8.05. The van der Waals surface area contributed by atoms with Gasteiger partial charge in [-0.1, -0.05) is 47.6 Å². The summed E-state index contributed by atoms with van der Waals surface area (Å²) in [7, 11) is -3.87. The predicted octanol–water partition coefficient (Wildman–Crippen LogP) is 3.57. The molecule has 0 saturated heterocycles. The fourth-order valence-electron chi connectivity index (χ4n) is 2.68. The Morgan fingerprint density at radius 2 is 1.67 bits per heavy atom. The van der Waals surface area contributed by atoms with Crippen LogP contribution in [0, 0.1) is 0 Å². The Morgan fingerprint density at radius 3 is 2.14 bits per heavy atom. The largest absolute Gasteiger partial charge is 0.395 e. The zero-order valence-corrected chi connectivity index (χ0v) is 14.3. The molecule has 1 aliphatic rings. The molecular weight excluding hydrogens is 357 g/mol. The SMILES string of the molecule is O=S(=O)(c1c(Cl)cc(Cl)cc1Cl)N(CCO)C1CCCC1. The predicted molar refractivity (Wildman–Crippen MR) is 84.7 cm³/mol. The van der Waals surface area contributed by atoms with E-state index in [2.05, 4.69) is 0 Å². The molecule has 0 spiro atoms. The molecule has 118 valence electrons. The van der Waals surface area contributed by atoms with Gasteiger partial charge in [0.15, 0.2) is 0 Å². The third-order valence-electron chi connectivity index (χ3n) is 3.58. The van der Waals surface area contributed by atoms with Crippen molar-refractivity contribution in [2.24, 2.45) is 0 Å². The summed E-state index contributed by atoms with van der Waals surface area (Å²) in [5.41, 5.74) is 0. The van der Waals surface area contributed by atoms with E-state index < -0.39 is 10.0 Å². The third-order valence-corrected chi connectivity index (χ3v) is 6.67. The molecule has 2 rings (SSSR count). The van der Waals surface area contributed by atoms with E-state index in [9.17, 15) is 13.5 Å². The number of benzene rings is 1. The molecule has 0 atom stereocenters. The molecule has 8 heteroatoms. The topological polar surface area (TPSA) is 57.6 Å². The first-order chi connectivity index (χ1) is 9.87. The Labute approximate surface area is 139 Å². The average Bonchev–Trinajstić information content (AvgIpc) is 2.87. The number of aliphatic hydroxyl groups is 1. The highest BCUT2D eigenvalue weighted by atomic mass is 35.5. The van der Waals surface area contributed by atoms with Gasteiger partial charge < -0.3 is 5.11 Å². The van der Waals surface area contributed by atoms with Crippen molar-refractivity contribution < 1.29 is 13.5 Å². The fourth-order valence-corrected chi connectivity index (χ4v) is 5.85. The van der Waals surface area contributed by atoms with Crippen LogP contribution < -0.4 is 0 Å². The lowest BCUT2D eigenvalue weighted by molar-refractivity contribution is 0.226.